The van der Waals surface area contributed by atoms with Crippen LogP contribution in [0.1, 0.15) is 60.8 Å². The van der Waals surface area contributed by atoms with E-state index < -0.39 is 17.8 Å². The summed E-state index contributed by atoms with van der Waals surface area (Å²) >= 11 is 0. The number of hydrogen-bond acceptors (Lipinski definition) is 6. The second kappa shape index (κ2) is 11.8. The maximum Gasteiger partial charge on any atom is 0.244 e. The Hall–Kier alpha value is -2.06. The van der Waals surface area contributed by atoms with E-state index in [2.05, 4.69) is 17.5 Å². The highest BCUT2D eigenvalue weighted by Gasteiger charge is 2.58. The zero-order chi connectivity index (χ0) is 25.8. The molecule has 3 heterocycles. The Morgan fingerprint density at radius 1 is 1.26 bits per heavy atom. The monoisotopic (exact) mass is 487 g/mol. The van der Waals surface area contributed by atoms with Gasteiger partial charge in [0.15, 0.2) is 0 Å². The lowest BCUT2D eigenvalue weighted by atomic mass is 9.87. The number of hydrogen-bond donors (Lipinski definition) is 2. The predicted octanol–water partition coefficient (Wildman–Crippen LogP) is 3.58. The fourth-order valence-corrected chi connectivity index (χ4v) is 4.60. The molecule has 0 unspecified atom stereocenters. The van der Waals surface area contributed by atoms with Crippen LogP contribution in [0.4, 0.5) is 0 Å². The third kappa shape index (κ3) is 7.71. The average molecular weight is 488 g/mol. The first kappa shape index (κ1) is 27.5. The lowest BCUT2D eigenvalue weighted by Crippen LogP contribution is -2.50. The Balaban J connectivity index is 1.56. The molecule has 2 saturated heterocycles. The van der Waals surface area contributed by atoms with Crippen LogP contribution in [0, 0.1) is 5.92 Å². The molecule has 0 bridgehead atoms. The number of carbonyl (C=O) groups excluding carboxylic acids is 2. The molecule has 0 aromatic rings. The van der Waals surface area contributed by atoms with Crippen LogP contribution in [0.25, 0.3) is 0 Å². The van der Waals surface area contributed by atoms with Gasteiger partial charge in [0.1, 0.15) is 23.6 Å². The summed E-state index contributed by atoms with van der Waals surface area (Å²) in [6.45, 7) is 12.1. The maximum atomic E-state index is 12.2. The van der Waals surface area contributed by atoms with Crippen molar-refractivity contribution in [2.24, 2.45) is 5.92 Å². The van der Waals surface area contributed by atoms with Gasteiger partial charge < -0.3 is 24.6 Å². The number of ether oxygens (including phenoxy) is 3. The molecule has 0 aromatic carbocycles. The number of aliphatic hydroxyl groups is 1. The molecule has 35 heavy (non-hydrogen) atoms. The summed E-state index contributed by atoms with van der Waals surface area (Å²) < 4.78 is 17.8. The van der Waals surface area contributed by atoms with Crippen molar-refractivity contribution < 1.29 is 28.9 Å². The molecule has 3 aliphatic heterocycles. The normalized spacial score (nSPS) is 35.7. The molecule has 2 fully saturated rings. The second-order valence-electron chi connectivity index (χ2n) is 10.6. The SMILES string of the molecule is CC(=O)C[C@@H]1C[C@@]2(CO2)[C@H](O)[C@@H](/C=C/C(C)=C/C[C@@H]2O[C@H](C)[C@H](NC(=O)/C=C\C(C)C)C=C2C)O1. The lowest BCUT2D eigenvalue weighted by Gasteiger charge is -2.36. The van der Waals surface area contributed by atoms with Gasteiger partial charge in [0, 0.05) is 12.8 Å². The summed E-state index contributed by atoms with van der Waals surface area (Å²) in [5, 5.41) is 13.7. The van der Waals surface area contributed by atoms with E-state index in [4.69, 9.17) is 14.2 Å². The summed E-state index contributed by atoms with van der Waals surface area (Å²) in [5.41, 5.74) is 1.54. The maximum absolute atomic E-state index is 12.2. The minimum Gasteiger partial charge on any atom is -0.387 e. The van der Waals surface area contributed by atoms with Crippen molar-refractivity contribution in [1.82, 2.24) is 5.32 Å². The molecule has 194 valence electrons. The van der Waals surface area contributed by atoms with Crippen LogP contribution in [0.3, 0.4) is 0 Å². The van der Waals surface area contributed by atoms with E-state index in [0.29, 0.717) is 31.8 Å². The molecular formula is C28H41NO6. The van der Waals surface area contributed by atoms with Crippen molar-refractivity contribution in [3.63, 3.8) is 0 Å². The van der Waals surface area contributed by atoms with Crippen molar-refractivity contribution in [2.45, 2.75) is 103 Å². The Bertz CT molecular complexity index is 897. The van der Waals surface area contributed by atoms with Crippen LogP contribution >= 0.6 is 0 Å². The van der Waals surface area contributed by atoms with E-state index in [1.165, 1.54) is 0 Å². The van der Waals surface area contributed by atoms with Crippen molar-refractivity contribution in [2.75, 3.05) is 6.61 Å². The largest absolute Gasteiger partial charge is 0.387 e. The zero-order valence-corrected chi connectivity index (χ0v) is 21.8. The topological polar surface area (TPSA) is 97.4 Å². The Morgan fingerprint density at radius 3 is 2.60 bits per heavy atom. The first-order valence-electron chi connectivity index (χ1n) is 12.6. The zero-order valence-electron chi connectivity index (χ0n) is 21.8. The number of aliphatic hydroxyl groups excluding tert-OH is 1. The molecule has 0 saturated carbocycles. The average Bonchev–Trinajstić information content (AvgIpc) is 3.54. The summed E-state index contributed by atoms with van der Waals surface area (Å²) in [5.74, 6) is 0.281. The number of epoxide rings is 1. The van der Waals surface area contributed by atoms with E-state index in [0.717, 1.165) is 11.1 Å². The van der Waals surface area contributed by atoms with Crippen LogP contribution in [0.15, 0.2) is 47.6 Å². The fraction of sp³-hybridized carbons (Fsp3) is 0.643. The molecule has 7 heteroatoms. The van der Waals surface area contributed by atoms with Gasteiger partial charge in [-0.05, 0) is 51.7 Å². The van der Waals surface area contributed by atoms with Gasteiger partial charge in [-0.2, -0.15) is 0 Å². The Kier molecular flexibility index (Phi) is 9.27. The van der Waals surface area contributed by atoms with Gasteiger partial charge in [0.05, 0.1) is 31.0 Å². The minimum atomic E-state index is -0.745. The van der Waals surface area contributed by atoms with E-state index in [1.807, 2.05) is 52.8 Å². The lowest BCUT2D eigenvalue weighted by molar-refractivity contribution is -0.143. The smallest absolute Gasteiger partial charge is 0.244 e. The Labute approximate surface area is 209 Å². The summed E-state index contributed by atoms with van der Waals surface area (Å²) in [4.78, 5) is 23.7. The molecule has 1 amide bonds. The molecule has 0 aliphatic carbocycles. The van der Waals surface area contributed by atoms with Gasteiger partial charge in [0.25, 0.3) is 0 Å². The standard InChI is InChI=1S/C28H41NO6/c1-17(2)7-12-26(31)29-23-13-19(4)24(34-21(23)6)10-8-18(3)9-11-25-27(32)28(16-33-28)15-22(35-25)14-20(5)30/h7-9,11-13,17,21-25,27,32H,10,14-16H2,1-6H3,(H,29,31)/b11-9+,12-7-,18-8+/t21-,22-,23-,24+,25-,27-,28-/m1/s1. The molecule has 2 N–H and O–H groups in total. The first-order chi connectivity index (χ1) is 16.5. The van der Waals surface area contributed by atoms with Crippen LogP contribution in [0.5, 0.6) is 0 Å². The van der Waals surface area contributed by atoms with E-state index in [1.54, 1.807) is 13.0 Å². The van der Waals surface area contributed by atoms with Gasteiger partial charge in [-0.25, -0.2) is 0 Å². The van der Waals surface area contributed by atoms with Crippen LogP contribution in [0.2, 0.25) is 0 Å². The van der Waals surface area contributed by atoms with Crippen LogP contribution in [-0.2, 0) is 23.8 Å². The van der Waals surface area contributed by atoms with E-state index in [9.17, 15) is 14.7 Å². The highest BCUT2D eigenvalue weighted by atomic mass is 16.6. The van der Waals surface area contributed by atoms with Crippen LogP contribution in [-0.4, -0.2) is 65.6 Å². The Morgan fingerprint density at radius 2 is 1.97 bits per heavy atom. The second-order valence-corrected chi connectivity index (χ2v) is 10.6. The van der Waals surface area contributed by atoms with E-state index in [-0.39, 0.29) is 36.0 Å². The van der Waals surface area contributed by atoms with Gasteiger partial charge in [0.2, 0.25) is 5.91 Å². The van der Waals surface area contributed by atoms with Gasteiger partial charge in [-0.15, -0.1) is 0 Å². The molecule has 0 radical (unpaired) electrons. The van der Waals surface area contributed by atoms with Crippen molar-refractivity contribution in [3.05, 3.63) is 47.6 Å². The summed E-state index contributed by atoms with van der Waals surface area (Å²) in [6.07, 6.45) is 11.3. The van der Waals surface area contributed by atoms with E-state index >= 15 is 0 Å². The van der Waals surface area contributed by atoms with Gasteiger partial charge in [-0.3, -0.25) is 9.59 Å². The molecule has 0 aromatic heterocycles. The van der Waals surface area contributed by atoms with Crippen molar-refractivity contribution >= 4 is 11.7 Å². The molecule has 3 rings (SSSR count). The number of allylic oxidation sites excluding steroid dienone is 3. The number of nitrogens with one attached hydrogen (secondary N) is 1. The van der Waals surface area contributed by atoms with Gasteiger partial charge in [-0.1, -0.05) is 49.8 Å². The predicted molar refractivity (Wildman–Crippen MR) is 135 cm³/mol. The molecular weight excluding hydrogens is 446 g/mol. The molecule has 7 nitrogen and oxygen atoms in total. The summed E-state index contributed by atoms with van der Waals surface area (Å²) in [7, 11) is 0. The highest BCUT2D eigenvalue weighted by molar-refractivity contribution is 5.88. The number of Topliss-reactive ketones (excluding diaryl/α,β-unsaturated/α-hetero) is 1. The third-order valence-corrected chi connectivity index (χ3v) is 6.78. The first-order valence-corrected chi connectivity index (χ1v) is 12.6. The molecule has 1 spiro atoms. The van der Waals surface area contributed by atoms with Crippen molar-refractivity contribution in [1.29, 1.82) is 0 Å². The number of rotatable bonds is 9. The van der Waals surface area contributed by atoms with Crippen LogP contribution < -0.4 is 5.32 Å². The molecule has 7 atom stereocenters. The number of amides is 1. The van der Waals surface area contributed by atoms with Gasteiger partial charge >= 0.3 is 0 Å². The fourth-order valence-electron chi connectivity index (χ4n) is 4.60. The molecule has 3 aliphatic rings. The number of carbonyl (C=O) groups is 2. The summed E-state index contributed by atoms with van der Waals surface area (Å²) in [6, 6.07) is -0.162. The van der Waals surface area contributed by atoms with Crippen molar-refractivity contribution in [3.8, 4) is 0 Å². The minimum absolute atomic E-state index is 0.0627. The quantitative estimate of drug-likeness (QED) is 0.223. The third-order valence-electron chi connectivity index (χ3n) is 6.78. The number of ketones is 1. The highest BCUT2D eigenvalue weighted by Crippen LogP contribution is 2.43.